The fraction of sp³-hybridized carbons (Fsp3) is 0.579. The number of benzene rings is 1. The van der Waals surface area contributed by atoms with Crippen molar-refractivity contribution in [3.05, 3.63) is 23.8 Å². The van der Waals surface area contributed by atoms with Crippen LogP contribution in [0.25, 0.3) is 0 Å². The Kier molecular flexibility index (Phi) is 5.65. The van der Waals surface area contributed by atoms with Gasteiger partial charge in [0.2, 0.25) is 11.8 Å². The summed E-state index contributed by atoms with van der Waals surface area (Å²) < 4.78 is 0. The largest absolute Gasteiger partial charge is 0.328 e. The quantitative estimate of drug-likeness (QED) is 0.793. The number of rotatable bonds is 3. The standard InChI is InChI=1S/C19H29N3O2/c1-12-8-9-15(21-18(24)19(2,3)4)11-16(12)22-17(23)13-6-5-7-14(20)10-13/h8-9,11,13-14H,5-7,10,20H2,1-4H3,(H,21,24)(H,22,23). The highest BCUT2D eigenvalue weighted by molar-refractivity contribution is 5.97. The van der Waals surface area contributed by atoms with Crippen LogP contribution in [0.2, 0.25) is 0 Å². The predicted molar refractivity (Wildman–Crippen MR) is 97.8 cm³/mol. The molecule has 0 aromatic heterocycles. The van der Waals surface area contributed by atoms with E-state index in [1.54, 1.807) is 0 Å². The van der Waals surface area contributed by atoms with Crippen molar-refractivity contribution in [2.24, 2.45) is 17.1 Å². The van der Waals surface area contributed by atoms with Gasteiger partial charge in [0.1, 0.15) is 0 Å². The number of aryl methyl sites for hydroxylation is 1. The molecule has 0 spiro atoms. The van der Waals surface area contributed by atoms with Gasteiger partial charge in [-0.25, -0.2) is 0 Å². The molecule has 2 unspecified atom stereocenters. The third-order valence-corrected chi connectivity index (χ3v) is 4.52. The van der Waals surface area contributed by atoms with Crippen LogP contribution in [0.15, 0.2) is 18.2 Å². The van der Waals surface area contributed by atoms with Crippen molar-refractivity contribution in [1.29, 1.82) is 0 Å². The summed E-state index contributed by atoms with van der Waals surface area (Å²) in [6.45, 7) is 7.54. The molecule has 1 aliphatic carbocycles. The lowest BCUT2D eigenvalue weighted by molar-refractivity contribution is -0.123. The SMILES string of the molecule is Cc1ccc(NC(=O)C(C)(C)C)cc1NC(=O)C1CCCC(N)C1. The van der Waals surface area contributed by atoms with Crippen molar-refractivity contribution >= 4 is 23.2 Å². The molecule has 24 heavy (non-hydrogen) atoms. The van der Waals surface area contributed by atoms with Crippen LogP contribution in [-0.2, 0) is 9.59 Å². The molecular weight excluding hydrogens is 302 g/mol. The highest BCUT2D eigenvalue weighted by Crippen LogP contribution is 2.27. The summed E-state index contributed by atoms with van der Waals surface area (Å²) in [5, 5.41) is 5.91. The van der Waals surface area contributed by atoms with E-state index in [2.05, 4.69) is 10.6 Å². The molecule has 0 bridgehead atoms. The summed E-state index contributed by atoms with van der Waals surface area (Å²) >= 11 is 0. The van der Waals surface area contributed by atoms with Gasteiger partial charge in [0.05, 0.1) is 0 Å². The van der Waals surface area contributed by atoms with Gasteiger partial charge in [-0.1, -0.05) is 33.3 Å². The Balaban J connectivity index is 2.08. The number of hydrogen-bond acceptors (Lipinski definition) is 3. The van der Waals surface area contributed by atoms with Gasteiger partial charge in [-0.05, 0) is 43.9 Å². The Morgan fingerprint density at radius 2 is 1.88 bits per heavy atom. The number of nitrogens with two attached hydrogens (primary N) is 1. The normalized spacial score (nSPS) is 21.2. The van der Waals surface area contributed by atoms with Crippen molar-refractivity contribution in [3.63, 3.8) is 0 Å². The minimum absolute atomic E-state index is 0.0209. The first-order valence-corrected chi connectivity index (χ1v) is 8.65. The first-order valence-electron chi connectivity index (χ1n) is 8.65. The molecule has 1 saturated carbocycles. The van der Waals surface area contributed by atoms with Crippen molar-refractivity contribution in [2.45, 2.75) is 59.4 Å². The second-order valence-electron chi connectivity index (χ2n) is 7.85. The molecule has 0 saturated heterocycles. The maximum atomic E-state index is 12.5. The molecule has 1 aromatic rings. The van der Waals surface area contributed by atoms with E-state index < -0.39 is 5.41 Å². The number of carbonyl (C=O) groups is 2. The van der Waals surface area contributed by atoms with Crippen LogP contribution < -0.4 is 16.4 Å². The monoisotopic (exact) mass is 331 g/mol. The van der Waals surface area contributed by atoms with Crippen LogP contribution in [0.1, 0.15) is 52.0 Å². The van der Waals surface area contributed by atoms with E-state index in [0.29, 0.717) is 5.69 Å². The highest BCUT2D eigenvalue weighted by atomic mass is 16.2. The maximum absolute atomic E-state index is 12.5. The van der Waals surface area contributed by atoms with E-state index in [1.807, 2.05) is 45.9 Å². The van der Waals surface area contributed by atoms with Crippen molar-refractivity contribution in [3.8, 4) is 0 Å². The van der Waals surface area contributed by atoms with Gasteiger partial charge >= 0.3 is 0 Å². The molecule has 2 atom stereocenters. The molecule has 2 rings (SSSR count). The van der Waals surface area contributed by atoms with Crippen LogP contribution >= 0.6 is 0 Å². The van der Waals surface area contributed by atoms with Gasteiger partial charge in [0, 0.05) is 28.7 Å². The van der Waals surface area contributed by atoms with E-state index in [0.717, 1.165) is 36.9 Å². The predicted octanol–water partition coefficient (Wildman–Crippen LogP) is 3.44. The van der Waals surface area contributed by atoms with E-state index in [4.69, 9.17) is 5.73 Å². The second-order valence-corrected chi connectivity index (χ2v) is 7.85. The molecule has 132 valence electrons. The number of carbonyl (C=O) groups excluding carboxylic acids is 2. The molecule has 4 N–H and O–H groups in total. The summed E-state index contributed by atoms with van der Waals surface area (Å²) in [5.74, 6) is -0.0598. The Labute approximate surface area is 144 Å². The van der Waals surface area contributed by atoms with E-state index in [9.17, 15) is 9.59 Å². The van der Waals surface area contributed by atoms with Crippen LogP contribution in [0.5, 0.6) is 0 Å². The summed E-state index contributed by atoms with van der Waals surface area (Å²) in [6.07, 6.45) is 3.63. The molecule has 0 aliphatic heterocycles. The third-order valence-electron chi connectivity index (χ3n) is 4.52. The second kappa shape index (κ2) is 7.34. The van der Waals surface area contributed by atoms with Crippen LogP contribution in [0.3, 0.4) is 0 Å². The fourth-order valence-electron chi connectivity index (χ4n) is 2.85. The Morgan fingerprint density at radius 3 is 2.50 bits per heavy atom. The molecule has 5 heteroatoms. The van der Waals surface area contributed by atoms with Crippen LogP contribution in [0, 0.1) is 18.3 Å². The van der Waals surface area contributed by atoms with Gasteiger partial charge in [0.15, 0.2) is 0 Å². The topological polar surface area (TPSA) is 84.2 Å². The average molecular weight is 331 g/mol. The molecular formula is C19H29N3O2. The molecule has 0 heterocycles. The number of anilines is 2. The Morgan fingerprint density at radius 1 is 1.17 bits per heavy atom. The van der Waals surface area contributed by atoms with Gasteiger partial charge < -0.3 is 16.4 Å². The van der Waals surface area contributed by atoms with Crippen LogP contribution in [0.4, 0.5) is 11.4 Å². The van der Waals surface area contributed by atoms with Crippen LogP contribution in [-0.4, -0.2) is 17.9 Å². The minimum Gasteiger partial charge on any atom is -0.328 e. The number of nitrogens with one attached hydrogen (secondary N) is 2. The molecule has 2 amide bonds. The van der Waals surface area contributed by atoms with Crippen molar-refractivity contribution in [1.82, 2.24) is 0 Å². The number of hydrogen-bond donors (Lipinski definition) is 3. The Bertz CT molecular complexity index is 620. The molecule has 0 radical (unpaired) electrons. The Hall–Kier alpha value is -1.88. The lowest BCUT2D eigenvalue weighted by Gasteiger charge is -2.26. The summed E-state index contributed by atoms with van der Waals surface area (Å²) in [6, 6.07) is 5.69. The van der Waals surface area contributed by atoms with Crippen molar-refractivity contribution < 1.29 is 9.59 Å². The first kappa shape index (κ1) is 18.5. The number of amides is 2. The van der Waals surface area contributed by atoms with Gasteiger partial charge in [-0.3, -0.25) is 9.59 Å². The highest BCUT2D eigenvalue weighted by Gasteiger charge is 2.26. The van der Waals surface area contributed by atoms with Gasteiger partial charge in [-0.15, -0.1) is 0 Å². The third kappa shape index (κ3) is 4.81. The van der Waals surface area contributed by atoms with E-state index in [-0.39, 0.29) is 23.8 Å². The van der Waals surface area contributed by atoms with E-state index >= 15 is 0 Å². The van der Waals surface area contributed by atoms with Crippen molar-refractivity contribution in [2.75, 3.05) is 10.6 Å². The molecule has 1 aliphatic rings. The molecule has 1 fully saturated rings. The summed E-state index contributed by atoms with van der Waals surface area (Å²) in [4.78, 5) is 24.6. The van der Waals surface area contributed by atoms with Gasteiger partial charge in [-0.2, -0.15) is 0 Å². The summed E-state index contributed by atoms with van der Waals surface area (Å²) in [7, 11) is 0. The fourth-order valence-corrected chi connectivity index (χ4v) is 2.85. The smallest absolute Gasteiger partial charge is 0.229 e. The zero-order valence-electron chi connectivity index (χ0n) is 15.1. The van der Waals surface area contributed by atoms with Gasteiger partial charge in [0.25, 0.3) is 0 Å². The lowest BCUT2D eigenvalue weighted by Crippen LogP contribution is -2.34. The first-order chi connectivity index (χ1) is 11.2. The maximum Gasteiger partial charge on any atom is 0.229 e. The molecule has 5 nitrogen and oxygen atoms in total. The van der Waals surface area contributed by atoms with E-state index in [1.165, 1.54) is 0 Å². The minimum atomic E-state index is -0.466. The summed E-state index contributed by atoms with van der Waals surface area (Å²) in [5.41, 5.74) is 7.91. The zero-order valence-corrected chi connectivity index (χ0v) is 15.1. The average Bonchev–Trinajstić information content (AvgIpc) is 2.49. The molecule has 1 aromatic carbocycles. The lowest BCUT2D eigenvalue weighted by atomic mass is 9.85. The zero-order chi connectivity index (χ0) is 17.9.